The molecule has 17 heavy (non-hydrogen) atoms. The van der Waals surface area contributed by atoms with E-state index in [-0.39, 0.29) is 0 Å². The van der Waals surface area contributed by atoms with Crippen LogP contribution in [0.5, 0.6) is 0 Å². The van der Waals surface area contributed by atoms with Crippen molar-refractivity contribution in [1.29, 1.82) is 0 Å². The van der Waals surface area contributed by atoms with E-state index in [4.69, 9.17) is 4.98 Å². The van der Waals surface area contributed by atoms with Crippen LogP contribution in [0.4, 0.5) is 0 Å². The van der Waals surface area contributed by atoms with Crippen LogP contribution >= 0.6 is 11.3 Å². The van der Waals surface area contributed by atoms with Gasteiger partial charge in [0, 0.05) is 34.7 Å². The van der Waals surface area contributed by atoms with E-state index >= 15 is 0 Å². The van der Waals surface area contributed by atoms with Crippen molar-refractivity contribution in [3.8, 4) is 11.3 Å². The number of imidazole rings is 1. The van der Waals surface area contributed by atoms with E-state index in [9.17, 15) is 0 Å². The van der Waals surface area contributed by atoms with Crippen LogP contribution in [-0.4, -0.2) is 14.4 Å². The Kier molecular flexibility index (Phi) is 1.87. The molecule has 0 amide bonds. The molecule has 0 unspecified atom stereocenters. The van der Waals surface area contributed by atoms with Crippen molar-refractivity contribution >= 4 is 16.3 Å². The SMILES string of the molecule is c1cc(-c2cn3c4c(sc3n2)CCC4)ccn1. The lowest BCUT2D eigenvalue weighted by Crippen LogP contribution is -1.85. The average molecular weight is 241 g/mol. The molecule has 4 rings (SSSR count). The van der Waals surface area contributed by atoms with Gasteiger partial charge in [-0.1, -0.05) is 0 Å². The summed E-state index contributed by atoms with van der Waals surface area (Å²) in [5.41, 5.74) is 3.66. The molecule has 0 aliphatic heterocycles. The highest BCUT2D eigenvalue weighted by Crippen LogP contribution is 2.32. The number of fused-ring (bicyclic) bond motifs is 3. The van der Waals surface area contributed by atoms with E-state index < -0.39 is 0 Å². The van der Waals surface area contributed by atoms with Gasteiger partial charge in [-0.3, -0.25) is 9.38 Å². The predicted octanol–water partition coefficient (Wildman–Crippen LogP) is 2.95. The predicted molar refractivity (Wildman–Crippen MR) is 68.3 cm³/mol. The number of rotatable bonds is 1. The van der Waals surface area contributed by atoms with Crippen molar-refractivity contribution in [3.63, 3.8) is 0 Å². The summed E-state index contributed by atoms with van der Waals surface area (Å²) in [4.78, 5) is 11.4. The standard InChI is InChI=1S/C13H11N3S/c1-2-11-12(3-1)17-13-15-10(8-16(11)13)9-4-6-14-7-5-9/h4-8H,1-3H2. The first-order chi connectivity index (χ1) is 8.42. The molecule has 0 aromatic carbocycles. The number of nitrogens with zero attached hydrogens (tertiary/aromatic N) is 3. The smallest absolute Gasteiger partial charge is 0.194 e. The van der Waals surface area contributed by atoms with Crippen LogP contribution in [0.25, 0.3) is 16.2 Å². The van der Waals surface area contributed by atoms with Crippen LogP contribution in [-0.2, 0) is 12.8 Å². The Morgan fingerprint density at radius 2 is 2.06 bits per heavy atom. The van der Waals surface area contributed by atoms with E-state index in [1.807, 2.05) is 35.9 Å². The summed E-state index contributed by atoms with van der Waals surface area (Å²) in [7, 11) is 0. The van der Waals surface area contributed by atoms with Gasteiger partial charge in [0.25, 0.3) is 0 Å². The first-order valence-electron chi connectivity index (χ1n) is 5.82. The number of thiazole rings is 1. The van der Waals surface area contributed by atoms with E-state index in [0.29, 0.717) is 0 Å². The van der Waals surface area contributed by atoms with Gasteiger partial charge in [-0.2, -0.15) is 0 Å². The minimum Gasteiger partial charge on any atom is -0.294 e. The summed E-state index contributed by atoms with van der Waals surface area (Å²) in [5.74, 6) is 0. The highest BCUT2D eigenvalue weighted by atomic mass is 32.1. The largest absolute Gasteiger partial charge is 0.294 e. The van der Waals surface area contributed by atoms with Crippen LogP contribution in [0.2, 0.25) is 0 Å². The Hall–Kier alpha value is -1.68. The first kappa shape index (κ1) is 9.36. The number of hydrogen-bond donors (Lipinski definition) is 0. The highest BCUT2D eigenvalue weighted by molar-refractivity contribution is 7.17. The molecule has 0 saturated heterocycles. The van der Waals surface area contributed by atoms with E-state index in [0.717, 1.165) is 16.2 Å². The van der Waals surface area contributed by atoms with Gasteiger partial charge in [0.15, 0.2) is 4.96 Å². The molecule has 0 atom stereocenters. The molecule has 0 fully saturated rings. The average Bonchev–Trinajstić information content (AvgIpc) is 3.00. The molecule has 3 aromatic rings. The lowest BCUT2D eigenvalue weighted by molar-refractivity contribution is 0.888. The maximum absolute atomic E-state index is 4.70. The lowest BCUT2D eigenvalue weighted by atomic mass is 10.2. The molecule has 0 N–H and O–H groups in total. The summed E-state index contributed by atoms with van der Waals surface area (Å²) in [5, 5.41) is 0. The molecule has 4 heteroatoms. The van der Waals surface area contributed by atoms with Gasteiger partial charge < -0.3 is 0 Å². The highest BCUT2D eigenvalue weighted by Gasteiger charge is 2.19. The molecule has 84 valence electrons. The molecular weight excluding hydrogens is 230 g/mol. The summed E-state index contributed by atoms with van der Waals surface area (Å²) in [6, 6.07) is 4.01. The zero-order chi connectivity index (χ0) is 11.2. The van der Waals surface area contributed by atoms with Gasteiger partial charge in [-0.25, -0.2) is 4.98 Å². The van der Waals surface area contributed by atoms with Gasteiger partial charge in [0.2, 0.25) is 0 Å². The van der Waals surface area contributed by atoms with Crippen LogP contribution in [0, 0.1) is 0 Å². The molecule has 0 bridgehead atoms. The molecule has 1 aliphatic carbocycles. The third-order valence-corrected chi connectivity index (χ3v) is 4.45. The monoisotopic (exact) mass is 241 g/mol. The maximum Gasteiger partial charge on any atom is 0.194 e. The zero-order valence-corrected chi connectivity index (χ0v) is 10.1. The Bertz CT molecular complexity index is 681. The molecule has 0 spiro atoms. The summed E-state index contributed by atoms with van der Waals surface area (Å²) in [6.45, 7) is 0. The van der Waals surface area contributed by atoms with Crippen LogP contribution in [0.3, 0.4) is 0 Å². The molecule has 3 nitrogen and oxygen atoms in total. The number of pyridine rings is 1. The number of aromatic nitrogens is 3. The number of aryl methyl sites for hydroxylation is 2. The summed E-state index contributed by atoms with van der Waals surface area (Å²) < 4.78 is 2.27. The van der Waals surface area contributed by atoms with Crippen molar-refractivity contribution in [3.05, 3.63) is 41.3 Å². The molecule has 0 radical (unpaired) electrons. The summed E-state index contributed by atoms with van der Waals surface area (Å²) >= 11 is 1.84. The fourth-order valence-corrected chi connectivity index (χ4v) is 3.66. The Morgan fingerprint density at radius 3 is 2.94 bits per heavy atom. The van der Waals surface area contributed by atoms with Crippen molar-refractivity contribution in [2.75, 3.05) is 0 Å². The third-order valence-electron chi connectivity index (χ3n) is 3.29. The van der Waals surface area contributed by atoms with Gasteiger partial charge in [0.05, 0.1) is 5.69 Å². The Morgan fingerprint density at radius 1 is 1.18 bits per heavy atom. The van der Waals surface area contributed by atoms with Crippen LogP contribution in [0.15, 0.2) is 30.7 Å². The molecule has 0 saturated carbocycles. The fourth-order valence-electron chi connectivity index (χ4n) is 2.47. The fraction of sp³-hybridized carbons (Fsp3) is 0.231. The number of hydrogen-bond acceptors (Lipinski definition) is 3. The van der Waals surface area contributed by atoms with Gasteiger partial charge in [-0.15, -0.1) is 11.3 Å². The van der Waals surface area contributed by atoms with Crippen molar-refractivity contribution in [1.82, 2.24) is 14.4 Å². The van der Waals surface area contributed by atoms with Gasteiger partial charge in [-0.05, 0) is 31.4 Å². The molecule has 3 heterocycles. The molecular formula is C13H11N3S. The molecule has 3 aromatic heterocycles. The van der Waals surface area contributed by atoms with E-state index in [2.05, 4.69) is 15.6 Å². The van der Waals surface area contributed by atoms with Crippen molar-refractivity contribution < 1.29 is 0 Å². The minimum atomic E-state index is 1.05. The topological polar surface area (TPSA) is 30.2 Å². The third kappa shape index (κ3) is 1.34. The second kappa shape index (κ2) is 3.40. The van der Waals surface area contributed by atoms with Gasteiger partial charge >= 0.3 is 0 Å². The second-order valence-electron chi connectivity index (χ2n) is 4.34. The maximum atomic E-state index is 4.70. The van der Waals surface area contributed by atoms with Gasteiger partial charge in [0.1, 0.15) is 0 Å². The van der Waals surface area contributed by atoms with E-state index in [1.54, 1.807) is 0 Å². The zero-order valence-electron chi connectivity index (χ0n) is 9.26. The quantitative estimate of drug-likeness (QED) is 0.655. The molecule has 1 aliphatic rings. The lowest BCUT2D eigenvalue weighted by Gasteiger charge is -1.94. The summed E-state index contributed by atoms with van der Waals surface area (Å²) in [6.07, 6.45) is 9.50. The Labute approximate surface area is 103 Å². The second-order valence-corrected chi connectivity index (χ2v) is 5.40. The normalized spacial score (nSPS) is 14.4. The minimum absolute atomic E-state index is 1.05. The van der Waals surface area contributed by atoms with E-state index in [1.165, 1.54) is 29.8 Å². The van der Waals surface area contributed by atoms with Crippen LogP contribution < -0.4 is 0 Å². The van der Waals surface area contributed by atoms with Crippen molar-refractivity contribution in [2.24, 2.45) is 0 Å². The Balaban J connectivity index is 1.91. The van der Waals surface area contributed by atoms with Crippen LogP contribution in [0.1, 0.15) is 17.0 Å². The van der Waals surface area contributed by atoms with Crippen molar-refractivity contribution in [2.45, 2.75) is 19.3 Å². The first-order valence-corrected chi connectivity index (χ1v) is 6.63.